The summed E-state index contributed by atoms with van der Waals surface area (Å²) in [5, 5.41) is 7.07. The maximum absolute atomic E-state index is 6.77. The van der Waals surface area contributed by atoms with Crippen molar-refractivity contribution in [3.05, 3.63) is 152 Å². The van der Waals surface area contributed by atoms with Crippen molar-refractivity contribution in [3.63, 3.8) is 0 Å². The lowest BCUT2D eigenvalue weighted by Gasteiger charge is -2.27. The van der Waals surface area contributed by atoms with Gasteiger partial charge < -0.3 is 4.34 Å². The average molecular weight is 550 g/mol. The minimum Gasteiger partial charge on any atom is -0.311 e. The fourth-order valence-electron chi connectivity index (χ4n) is 4.99. The molecule has 0 radical (unpaired) electrons. The molecule has 0 saturated heterocycles. The standard InChI is InChI=1S/C32H25NP2S2/c36-34(26-15-5-1-6-16-26,27-17-7-2-8-18-27)32-25-33(31-24-14-13-23-30(31)32)35(37,28-19-9-3-10-20-28)29-21-11-4-12-22-29/h1-25H. The maximum atomic E-state index is 6.77. The second-order valence-electron chi connectivity index (χ2n) is 8.90. The van der Waals surface area contributed by atoms with Crippen LogP contribution in [-0.4, -0.2) is 4.34 Å². The first kappa shape index (κ1) is 24.3. The molecule has 0 unspecified atom stereocenters. The number of aromatic nitrogens is 1. The molecule has 0 aliphatic rings. The number of fused-ring (bicyclic) bond motifs is 1. The second-order valence-corrected chi connectivity index (χ2v) is 17.5. The van der Waals surface area contributed by atoms with Gasteiger partial charge in [0.15, 0.2) is 0 Å². The van der Waals surface area contributed by atoms with Crippen LogP contribution in [0.3, 0.4) is 0 Å². The number of benzene rings is 5. The van der Waals surface area contributed by atoms with E-state index in [2.05, 4.69) is 156 Å². The number of para-hydroxylation sites is 1. The van der Waals surface area contributed by atoms with Crippen molar-refractivity contribution in [1.82, 2.24) is 4.34 Å². The monoisotopic (exact) mass is 549 g/mol. The van der Waals surface area contributed by atoms with Gasteiger partial charge in [-0.1, -0.05) is 163 Å². The van der Waals surface area contributed by atoms with Crippen molar-refractivity contribution < 1.29 is 0 Å². The van der Waals surface area contributed by atoms with Crippen molar-refractivity contribution in [2.75, 3.05) is 0 Å². The van der Waals surface area contributed by atoms with E-state index in [1.807, 2.05) is 0 Å². The Bertz CT molecular complexity index is 1550. The highest BCUT2D eigenvalue weighted by Gasteiger charge is 2.32. The minimum atomic E-state index is -2.43. The molecule has 1 aromatic heterocycles. The zero-order chi connectivity index (χ0) is 25.3. The summed E-state index contributed by atoms with van der Waals surface area (Å²) in [6, 6.07) is 48.6. The summed E-state index contributed by atoms with van der Waals surface area (Å²) in [5.74, 6) is 0. The van der Waals surface area contributed by atoms with Crippen LogP contribution < -0.4 is 26.5 Å². The normalized spacial score (nSPS) is 12.0. The summed E-state index contributed by atoms with van der Waals surface area (Å²) >= 11 is 13.5. The molecule has 6 rings (SSSR count). The first-order chi connectivity index (χ1) is 18.1. The Kier molecular flexibility index (Phi) is 6.57. The van der Waals surface area contributed by atoms with Gasteiger partial charge in [0.05, 0.1) is 11.7 Å². The second kappa shape index (κ2) is 10.0. The molecule has 0 spiro atoms. The third-order valence-corrected chi connectivity index (χ3v) is 16.4. The topological polar surface area (TPSA) is 4.93 Å². The molecular weight excluding hydrogens is 524 g/mol. The smallest absolute Gasteiger partial charge is 0.0968 e. The molecule has 0 aliphatic heterocycles. The zero-order valence-corrected chi connectivity index (χ0v) is 23.5. The summed E-state index contributed by atoms with van der Waals surface area (Å²) in [6.07, 6.45) is -0.134. The summed E-state index contributed by atoms with van der Waals surface area (Å²) in [7, 11) is 0. The third-order valence-electron chi connectivity index (χ3n) is 6.77. The van der Waals surface area contributed by atoms with E-state index in [1.54, 1.807) is 0 Å². The van der Waals surface area contributed by atoms with Gasteiger partial charge in [-0.3, -0.25) is 0 Å². The van der Waals surface area contributed by atoms with Crippen molar-refractivity contribution in [3.8, 4) is 0 Å². The minimum absolute atomic E-state index is 1.13. The molecule has 1 nitrogen and oxygen atoms in total. The Labute approximate surface area is 228 Å². The highest BCUT2D eigenvalue weighted by Crippen LogP contribution is 2.51. The predicted octanol–water partition coefficient (Wildman–Crippen LogP) is 6.29. The highest BCUT2D eigenvalue weighted by molar-refractivity contribution is 8.25. The molecule has 5 aromatic carbocycles. The van der Waals surface area contributed by atoms with E-state index >= 15 is 0 Å². The van der Waals surface area contributed by atoms with E-state index in [4.69, 9.17) is 23.6 Å². The largest absolute Gasteiger partial charge is 0.311 e. The lowest BCUT2D eigenvalue weighted by molar-refractivity contribution is 1.33. The molecule has 6 aromatic rings. The molecular formula is C32H25NP2S2. The Morgan fingerprint density at radius 1 is 0.432 bits per heavy atom. The van der Waals surface area contributed by atoms with E-state index in [1.165, 1.54) is 21.3 Å². The van der Waals surface area contributed by atoms with E-state index in [0.717, 1.165) is 16.1 Å². The van der Waals surface area contributed by atoms with E-state index < -0.39 is 12.2 Å². The van der Waals surface area contributed by atoms with Gasteiger partial charge in [-0.25, -0.2) is 0 Å². The van der Waals surface area contributed by atoms with Crippen LogP contribution in [0.1, 0.15) is 0 Å². The molecule has 0 bridgehead atoms. The van der Waals surface area contributed by atoms with Crippen LogP contribution in [0.5, 0.6) is 0 Å². The van der Waals surface area contributed by atoms with Gasteiger partial charge in [-0.05, 0) is 16.7 Å². The van der Waals surface area contributed by atoms with Gasteiger partial charge >= 0.3 is 0 Å². The number of hydrogen-bond acceptors (Lipinski definition) is 2. The Morgan fingerprint density at radius 3 is 1.27 bits per heavy atom. The molecule has 0 saturated carbocycles. The Balaban J connectivity index is 1.72. The average Bonchev–Trinajstić information content (AvgIpc) is 3.39. The van der Waals surface area contributed by atoms with Crippen LogP contribution in [0, 0.1) is 0 Å². The molecule has 5 heteroatoms. The lowest BCUT2D eigenvalue weighted by Crippen LogP contribution is -2.25. The van der Waals surface area contributed by atoms with Gasteiger partial charge in [0.25, 0.3) is 0 Å². The summed E-state index contributed by atoms with van der Waals surface area (Å²) in [6.45, 7) is 0. The predicted molar refractivity (Wildman–Crippen MR) is 170 cm³/mol. The highest BCUT2D eigenvalue weighted by atomic mass is 32.4. The molecule has 37 heavy (non-hydrogen) atoms. The molecule has 0 N–H and O–H groups in total. The van der Waals surface area contributed by atoms with Crippen LogP contribution in [0.2, 0.25) is 0 Å². The number of rotatable bonds is 6. The van der Waals surface area contributed by atoms with Gasteiger partial charge in [0.1, 0.15) is 0 Å². The van der Waals surface area contributed by atoms with Crippen LogP contribution in [0.15, 0.2) is 152 Å². The molecule has 180 valence electrons. The van der Waals surface area contributed by atoms with Crippen molar-refractivity contribution in [2.24, 2.45) is 0 Å². The Hall–Kier alpha value is -3.06. The lowest BCUT2D eigenvalue weighted by atomic mass is 10.2. The number of nitrogens with zero attached hydrogens (tertiary/aromatic N) is 1. The number of hydrogen-bond donors (Lipinski definition) is 0. The summed E-state index contributed by atoms with van der Waals surface area (Å²) in [5.41, 5.74) is 1.13. The van der Waals surface area contributed by atoms with Crippen molar-refractivity contribution >= 4 is 73.3 Å². The van der Waals surface area contributed by atoms with Gasteiger partial charge in [-0.15, -0.1) is 0 Å². The van der Waals surface area contributed by atoms with Gasteiger partial charge in [0.2, 0.25) is 0 Å². The quantitative estimate of drug-likeness (QED) is 0.225. The van der Waals surface area contributed by atoms with Crippen LogP contribution >= 0.6 is 12.2 Å². The van der Waals surface area contributed by atoms with E-state index in [9.17, 15) is 0 Å². The first-order valence-electron chi connectivity index (χ1n) is 12.2. The molecule has 0 aliphatic carbocycles. The zero-order valence-electron chi connectivity index (χ0n) is 20.1. The molecule has 1 heterocycles. The fraction of sp³-hybridized carbons (Fsp3) is 0. The van der Waals surface area contributed by atoms with Crippen molar-refractivity contribution in [1.29, 1.82) is 0 Å². The maximum Gasteiger partial charge on any atom is 0.0968 e. The SMILES string of the molecule is S=P(c1ccccc1)(c1ccccc1)c1cn(P(=S)(c2ccccc2)c2ccccc2)c2ccccc12. The fourth-order valence-corrected chi connectivity index (χ4v) is 12.9. The van der Waals surface area contributed by atoms with Crippen molar-refractivity contribution in [2.45, 2.75) is 0 Å². The van der Waals surface area contributed by atoms with Crippen LogP contribution in [-0.2, 0) is 23.6 Å². The van der Waals surface area contributed by atoms with Gasteiger partial charge in [0, 0.05) is 33.5 Å². The summed E-state index contributed by atoms with van der Waals surface area (Å²) < 4.78 is 2.38. The molecule has 0 atom stereocenters. The van der Waals surface area contributed by atoms with Crippen LogP contribution in [0.25, 0.3) is 10.9 Å². The molecule has 0 amide bonds. The third kappa shape index (κ3) is 4.08. The van der Waals surface area contributed by atoms with Crippen LogP contribution in [0.4, 0.5) is 0 Å². The van der Waals surface area contributed by atoms with E-state index in [0.29, 0.717) is 0 Å². The summed E-state index contributed by atoms with van der Waals surface area (Å²) in [4.78, 5) is 0. The Morgan fingerprint density at radius 2 is 0.811 bits per heavy atom. The molecule has 0 fully saturated rings. The van der Waals surface area contributed by atoms with Gasteiger partial charge in [-0.2, -0.15) is 0 Å². The van der Waals surface area contributed by atoms with E-state index in [-0.39, 0.29) is 0 Å². The first-order valence-corrected chi connectivity index (χ1v) is 17.7.